The molecule has 1 aromatic rings. The summed E-state index contributed by atoms with van der Waals surface area (Å²) in [5, 5.41) is 37.5. The van der Waals surface area contributed by atoms with Crippen molar-refractivity contribution in [2.45, 2.75) is 64.8 Å². The number of fused-ring (bicyclic) bond motifs is 3. The number of phenolic OH excluding ortho intramolecular Hbond substituents is 1. The van der Waals surface area contributed by atoms with Gasteiger partial charge in [-0.25, -0.2) is 0 Å². The standard InChI is InChI=1S/C29H41N3O6/c1-13-16-9-8-15(11-31-12-28(3,4)5)23(33)19(16)25(35)20-18(13)14(2)21-22(32(6)7)24(34)17(27(30)37)10-29(21,38)26(20)36/h8-10,13-14,18,20-22,24,31,33-34,38H,11-12H2,1-7H3,(H2,30,37)/t13-,14-,18-,20?,21-,22-,24?,29-/m0/s1. The fraction of sp³-hybridized carbons (Fsp3) is 0.621. The van der Waals surface area contributed by atoms with Crippen LogP contribution in [0.3, 0.4) is 0 Å². The number of carbonyl (C=O) groups excluding carboxylic acids is 3. The van der Waals surface area contributed by atoms with E-state index in [1.165, 1.54) is 0 Å². The van der Waals surface area contributed by atoms with E-state index in [-0.39, 0.29) is 28.2 Å². The molecule has 6 N–H and O–H groups in total. The Morgan fingerprint density at radius 3 is 2.37 bits per heavy atom. The molecule has 3 aliphatic carbocycles. The van der Waals surface area contributed by atoms with E-state index in [1.54, 1.807) is 19.0 Å². The third kappa shape index (κ3) is 4.29. The topological polar surface area (TPSA) is 153 Å². The first-order valence-electron chi connectivity index (χ1n) is 13.3. The van der Waals surface area contributed by atoms with Gasteiger partial charge < -0.3 is 31.3 Å². The highest BCUT2D eigenvalue weighted by atomic mass is 16.3. The predicted molar refractivity (Wildman–Crippen MR) is 142 cm³/mol. The maximum atomic E-state index is 14.1. The molecule has 1 aromatic carbocycles. The van der Waals surface area contributed by atoms with E-state index in [1.807, 2.05) is 26.0 Å². The van der Waals surface area contributed by atoms with E-state index in [0.717, 1.165) is 6.08 Å². The van der Waals surface area contributed by atoms with Gasteiger partial charge in [0.05, 0.1) is 17.6 Å². The van der Waals surface area contributed by atoms with Crippen LogP contribution < -0.4 is 11.1 Å². The van der Waals surface area contributed by atoms with Crippen molar-refractivity contribution in [3.63, 3.8) is 0 Å². The van der Waals surface area contributed by atoms with E-state index in [9.17, 15) is 29.7 Å². The number of benzene rings is 1. The van der Waals surface area contributed by atoms with Crippen molar-refractivity contribution in [3.8, 4) is 5.75 Å². The van der Waals surface area contributed by atoms with Gasteiger partial charge >= 0.3 is 0 Å². The van der Waals surface area contributed by atoms with Crippen molar-refractivity contribution in [1.29, 1.82) is 0 Å². The average molecular weight is 528 g/mol. The van der Waals surface area contributed by atoms with Gasteiger partial charge in [-0.3, -0.25) is 14.4 Å². The van der Waals surface area contributed by atoms with Gasteiger partial charge in [0.15, 0.2) is 11.6 Å². The van der Waals surface area contributed by atoms with E-state index in [2.05, 4.69) is 26.1 Å². The summed E-state index contributed by atoms with van der Waals surface area (Å²) in [6.07, 6.45) is -0.228. The summed E-state index contributed by atoms with van der Waals surface area (Å²) >= 11 is 0. The molecule has 0 aromatic heterocycles. The number of ketones is 2. The third-order valence-electron chi connectivity index (χ3n) is 8.87. The second-order valence-corrected chi connectivity index (χ2v) is 12.8. The lowest BCUT2D eigenvalue weighted by Gasteiger charge is -2.57. The van der Waals surface area contributed by atoms with Gasteiger partial charge in [-0.05, 0) is 48.9 Å². The monoisotopic (exact) mass is 527 g/mol. The van der Waals surface area contributed by atoms with Crippen LogP contribution in [0.5, 0.6) is 5.75 Å². The largest absolute Gasteiger partial charge is 0.507 e. The molecule has 1 fully saturated rings. The molecule has 9 heteroatoms. The molecule has 208 valence electrons. The van der Waals surface area contributed by atoms with Crippen LogP contribution in [0.15, 0.2) is 23.8 Å². The minimum absolute atomic E-state index is 0.0350. The van der Waals surface area contributed by atoms with Crippen molar-refractivity contribution in [1.82, 2.24) is 10.2 Å². The number of hydrogen-bond donors (Lipinski definition) is 5. The molecule has 9 nitrogen and oxygen atoms in total. The van der Waals surface area contributed by atoms with E-state index in [4.69, 9.17) is 5.73 Å². The Bertz CT molecular complexity index is 1200. The molecule has 0 spiro atoms. The molecule has 0 saturated heterocycles. The Balaban J connectivity index is 1.82. The number of aliphatic hydroxyl groups is 2. The molecule has 4 rings (SSSR count). The van der Waals surface area contributed by atoms with E-state index in [0.29, 0.717) is 24.2 Å². The lowest BCUT2D eigenvalue weighted by Crippen LogP contribution is -2.70. The highest BCUT2D eigenvalue weighted by Gasteiger charge is 2.65. The summed E-state index contributed by atoms with van der Waals surface area (Å²) < 4.78 is 0. The lowest BCUT2D eigenvalue weighted by molar-refractivity contribution is -0.166. The number of primary amides is 1. The minimum atomic E-state index is -2.17. The van der Waals surface area contributed by atoms with Crippen molar-refractivity contribution in [3.05, 3.63) is 40.5 Å². The molecule has 2 unspecified atom stereocenters. The Hall–Kier alpha value is -2.59. The highest BCUT2D eigenvalue weighted by molar-refractivity contribution is 6.17. The fourth-order valence-corrected chi connectivity index (χ4v) is 7.20. The zero-order valence-corrected chi connectivity index (χ0v) is 23.3. The maximum absolute atomic E-state index is 14.1. The van der Waals surface area contributed by atoms with Crippen LogP contribution in [0.2, 0.25) is 0 Å². The summed E-state index contributed by atoms with van der Waals surface area (Å²) in [4.78, 5) is 41.9. The second kappa shape index (κ2) is 9.55. The number of likely N-dealkylation sites (N-methyl/N-ethyl adjacent to an activating group) is 1. The molecular weight excluding hydrogens is 486 g/mol. The number of rotatable bonds is 5. The number of hydrogen-bond acceptors (Lipinski definition) is 8. The molecule has 1 amide bonds. The van der Waals surface area contributed by atoms with Crippen LogP contribution in [0, 0.1) is 29.1 Å². The third-order valence-corrected chi connectivity index (χ3v) is 8.87. The first-order valence-corrected chi connectivity index (χ1v) is 13.3. The van der Waals surface area contributed by atoms with Gasteiger partial charge in [0.25, 0.3) is 0 Å². The number of nitrogens with two attached hydrogens (primary N) is 1. The summed E-state index contributed by atoms with van der Waals surface area (Å²) in [5.74, 6) is -5.45. The van der Waals surface area contributed by atoms with Crippen molar-refractivity contribution < 1.29 is 29.7 Å². The average Bonchev–Trinajstić information content (AvgIpc) is 2.80. The van der Waals surface area contributed by atoms with Crippen LogP contribution in [0.25, 0.3) is 0 Å². The quantitative estimate of drug-likeness (QED) is 0.360. The van der Waals surface area contributed by atoms with E-state index >= 15 is 0 Å². The molecule has 0 bridgehead atoms. The molecule has 3 aliphatic rings. The minimum Gasteiger partial charge on any atom is -0.507 e. The SMILES string of the molecule is C[C@H]1[C@H]2C(C(=O)c3c(ccc(CNCC(C)(C)C)c3O)[C@@H]2C)C(=O)[C@]2(O)C=C(C(N)=O)C(O)[C@@H](N(C)C)[C@H]12. The molecule has 38 heavy (non-hydrogen) atoms. The van der Waals surface area contributed by atoms with Gasteiger partial charge in [0, 0.05) is 36.2 Å². The lowest BCUT2D eigenvalue weighted by atomic mass is 9.49. The molecular formula is C29H41N3O6. The molecule has 0 radical (unpaired) electrons. The number of Topliss-reactive ketones (excluding diaryl/α,β-unsaturated/α-hetero) is 2. The van der Waals surface area contributed by atoms with Crippen LogP contribution >= 0.6 is 0 Å². The van der Waals surface area contributed by atoms with Gasteiger partial charge in [0.2, 0.25) is 5.91 Å². The highest BCUT2D eigenvalue weighted by Crippen LogP contribution is 2.57. The van der Waals surface area contributed by atoms with Crippen LogP contribution in [0.4, 0.5) is 0 Å². The first kappa shape index (κ1) is 28.4. The van der Waals surface area contributed by atoms with Crippen molar-refractivity contribution >= 4 is 17.5 Å². The van der Waals surface area contributed by atoms with Crippen LogP contribution in [-0.4, -0.2) is 76.1 Å². The van der Waals surface area contributed by atoms with Gasteiger partial charge in [-0.1, -0.05) is 46.8 Å². The van der Waals surface area contributed by atoms with Crippen LogP contribution in [0.1, 0.15) is 62.0 Å². The Labute approximate surface area is 224 Å². The summed E-state index contributed by atoms with van der Waals surface area (Å²) in [7, 11) is 3.42. The number of nitrogens with one attached hydrogen (secondary N) is 1. The van der Waals surface area contributed by atoms with E-state index < -0.39 is 58.9 Å². The number of aliphatic hydroxyl groups excluding tert-OH is 1. The molecule has 1 saturated carbocycles. The van der Waals surface area contributed by atoms with Crippen molar-refractivity contribution in [2.24, 2.45) is 34.8 Å². The van der Waals surface area contributed by atoms with Crippen molar-refractivity contribution in [2.75, 3.05) is 20.6 Å². The smallest absolute Gasteiger partial charge is 0.247 e. The number of aromatic hydroxyl groups is 1. The van der Waals surface area contributed by atoms with Gasteiger partial charge in [-0.2, -0.15) is 0 Å². The van der Waals surface area contributed by atoms with Gasteiger partial charge in [0.1, 0.15) is 11.4 Å². The maximum Gasteiger partial charge on any atom is 0.247 e. The zero-order valence-electron chi connectivity index (χ0n) is 23.3. The number of phenols is 1. The number of carbonyl (C=O) groups is 3. The number of nitrogens with zero attached hydrogens (tertiary/aromatic N) is 1. The zero-order chi connectivity index (χ0) is 28.5. The Morgan fingerprint density at radius 1 is 1.18 bits per heavy atom. The Morgan fingerprint density at radius 2 is 1.82 bits per heavy atom. The summed E-state index contributed by atoms with van der Waals surface area (Å²) in [6, 6.07) is 2.89. The molecule has 0 heterocycles. The predicted octanol–water partition coefficient (Wildman–Crippen LogP) is 1.34. The molecule has 8 atom stereocenters. The number of amides is 1. The second-order valence-electron chi connectivity index (χ2n) is 12.8. The summed E-state index contributed by atoms with van der Waals surface area (Å²) in [5.41, 5.74) is 4.49. The molecule has 0 aliphatic heterocycles. The summed E-state index contributed by atoms with van der Waals surface area (Å²) in [6.45, 7) is 11.2. The van der Waals surface area contributed by atoms with Gasteiger partial charge in [-0.15, -0.1) is 0 Å². The normalized spacial score (nSPS) is 34.9. The first-order chi connectivity index (χ1) is 17.5. The Kier molecular flexibility index (Phi) is 7.14. The van der Waals surface area contributed by atoms with Crippen LogP contribution in [-0.2, 0) is 16.1 Å². The fourth-order valence-electron chi connectivity index (χ4n) is 7.20.